The van der Waals surface area contributed by atoms with Crippen molar-refractivity contribution in [1.82, 2.24) is 14.9 Å². The summed E-state index contributed by atoms with van der Waals surface area (Å²) < 4.78 is 11.3. The lowest BCUT2D eigenvalue weighted by molar-refractivity contribution is 0.0768. The lowest BCUT2D eigenvalue weighted by Crippen LogP contribution is -2.31. The Balaban J connectivity index is 1.66. The molecule has 2 aromatic rings. The molecule has 2 aromatic heterocycles. The first kappa shape index (κ1) is 15.5. The minimum Gasteiger partial charge on any atom is -0.466 e. The number of likely N-dealkylation sites (tertiary alicyclic amines) is 1. The van der Waals surface area contributed by atoms with E-state index in [1.807, 2.05) is 33.8 Å². The van der Waals surface area contributed by atoms with E-state index in [0.29, 0.717) is 30.4 Å². The van der Waals surface area contributed by atoms with Crippen molar-refractivity contribution in [3.05, 3.63) is 40.6 Å². The maximum atomic E-state index is 12.6. The van der Waals surface area contributed by atoms with Crippen LogP contribution in [0.4, 0.5) is 0 Å². The number of aryl methyl sites for hydroxylation is 4. The second-order valence-electron chi connectivity index (χ2n) is 6.04. The van der Waals surface area contributed by atoms with Crippen molar-refractivity contribution in [3.8, 4) is 6.01 Å². The fourth-order valence-electron chi connectivity index (χ4n) is 2.92. The SMILES string of the molecule is Cc1cc(C)nc(OC2CCN(C(=O)c3cc(C)oc3C)C2)n1. The number of amides is 1. The van der Waals surface area contributed by atoms with Crippen LogP contribution in [-0.2, 0) is 0 Å². The second-order valence-corrected chi connectivity index (χ2v) is 6.04. The van der Waals surface area contributed by atoms with Crippen molar-refractivity contribution in [1.29, 1.82) is 0 Å². The van der Waals surface area contributed by atoms with Crippen molar-refractivity contribution in [3.63, 3.8) is 0 Å². The summed E-state index contributed by atoms with van der Waals surface area (Å²) in [7, 11) is 0. The molecule has 0 aromatic carbocycles. The summed E-state index contributed by atoms with van der Waals surface area (Å²) in [5.74, 6) is 1.41. The molecule has 0 radical (unpaired) electrons. The molecule has 3 heterocycles. The summed E-state index contributed by atoms with van der Waals surface area (Å²) in [6.45, 7) is 8.69. The van der Waals surface area contributed by atoms with Gasteiger partial charge in [-0.25, -0.2) is 9.97 Å². The Morgan fingerprint density at radius 1 is 1.22 bits per heavy atom. The Labute approximate surface area is 135 Å². The van der Waals surface area contributed by atoms with Gasteiger partial charge in [0, 0.05) is 24.4 Å². The number of ether oxygens (including phenoxy) is 1. The van der Waals surface area contributed by atoms with Gasteiger partial charge in [-0.05, 0) is 39.8 Å². The zero-order valence-electron chi connectivity index (χ0n) is 13.9. The zero-order chi connectivity index (χ0) is 16.6. The summed E-state index contributed by atoms with van der Waals surface area (Å²) in [5, 5.41) is 0. The molecule has 6 heteroatoms. The molecule has 0 bridgehead atoms. The average molecular weight is 315 g/mol. The molecule has 1 amide bonds. The maximum absolute atomic E-state index is 12.6. The molecule has 23 heavy (non-hydrogen) atoms. The Morgan fingerprint density at radius 2 is 1.91 bits per heavy atom. The normalized spacial score (nSPS) is 17.6. The van der Waals surface area contributed by atoms with Crippen molar-refractivity contribution < 1.29 is 13.9 Å². The predicted molar refractivity (Wildman–Crippen MR) is 84.6 cm³/mol. The summed E-state index contributed by atoms with van der Waals surface area (Å²) >= 11 is 0. The Hall–Kier alpha value is -2.37. The van der Waals surface area contributed by atoms with Crippen LogP contribution in [0.5, 0.6) is 6.01 Å². The first-order chi connectivity index (χ1) is 10.9. The Morgan fingerprint density at radius 3 is 2.52 bits per heavy atom. The van der Waals surface area contributed by atoms with Crippen LogP contribution in [0.3, 0.4) is 0 Å². The van der Waals surface area contributed by atoms with Gasteiger partial charge in [0.2, 0.25) is 0 Å². The second kappa shape index (κ2) is 6.02. The largest absolute Gasteiger partial charge is 0.466 e. The van der Waals surface area contributed by atoms with E-state index < -0.39 is 0 Å². The third-order valence-electron chi connectivity index (χ3n) is 3.94. The van der Waals surface area contributed by atoms with Crippen molar-refractivity contribution in [2.24, 2.45) is 0 Å². The maximum Gasteiger partial charge on any atom is 0.317 e. The number of hydrogen-bond donors (Lipinski definition) is 0. The van der Waals surface area contributed by atoms with E-state index in [0.717, 1.165) is 23.6 Å². The molecule has 1 unspecified atom stereocenters. The summed E-state index contributed by atoms with van der Waals surface area (Å²) in [6, 6.07) is 4.08. The van der Waals surface area contributed by atoms with Gasteiger partial charge in [0.1, 0.15) is 17.6 Å². The molecule has 0 saturated carbocycles. The molecule has 6 nitrogen and oxygen atoms in total. The monoisotopic (exact) mass is 315 g/mol. The number of carbonyl (C=O) groups excluding carboxylic acids is 1. The molecule has 3 rings (SSSR count). The van der Waals surface area contributed by atoms with Crippen molar-refractivity contribution >= 4 is 5.91 Å². The molecular weight excluding hydrogens is 294 g/mol. The standard InChI is InChI=1S/C17H21N3O3/c1-10-7-11(2)19-17(18-10)23-14-5-6-20(9-14)16(21)15-8-12(3)22-13(15)4/h7-8,14H,5-6,9H2,1-4H3. The molecule has 1 fully saturated rings. The molecule has 122 valence electrons. The van der Waals surface area contributed by atoms with Gasteiger partial charge in [0.25, 0.3) is 5.91 Å². The zero-order valence-corrected chi connectivity index (χ0v) is 13.9. The first-order valence-electron chi connectivity index (χ1n) is 7.77. The van der Waals surface area contributed by atoms with Gasteiger partial charge in [-0.2, -0.15) is 0 Å². The third-order valence-corrected chi connectivity index (χ3v) is 3.94. The fraction of sp³-hybridized carbons (Fsp3) is 0.471. The van der Waals surface area contributed by atoms with E-state index in [-0.39, 0.29) is 12.0 Å². The summed E-state index contributed by atoms with van der Waals surface area (Å²) in [4.78, 5) is 22.9. The topological polar surface area (TPSA) is 68.5 Å². The highest BCUT2D eigenvalue weighted by Crippen LogP contribution is 2.21. The molecule has 1 saturated heterocycles. The molecule has 1 aliphatic heterocycles. The number of rotatable bonds is 3. The van der Waals surface area contributed by atoms with Crippen molar-refractivity contribution in [2.75, 3.05) is 13.1 Å². The average Bonchev–Trinajstić information content (AvgIpc) is 3.03. The molecule has 0 spiro atoms. The van der Waals surface area contributed by atoms with Gasteiger partial charge >= 0.3 is 6.01 Å². The number of nitrogens with zero attached hydrogens (tertiary/aromatic N) is 3. The van der Waals surface area contributed by atoms with Crippen LogP contribution in [0.15, 0.2) is 16.5 Å². The first-order valence-corrected chi connectivity index (χ1v) is 7.77. The highest BCUT2D eigenvalue weighted by molar-refractivity contribution is 5.95. The number of aromatic nitrogens is 2. The quantitative estimate of drug-likeness (QED) is 0.871. The molecule has 0 aliphatic carbocycles. The Kier molecular flexibility index (Phi) is 4.07. The van der Waals surface area contributed by atoms with Gasteiger partial charge in [-0.15, -0.1) is 0 Å². The molecule has 1 aliphatic rings. The van der Waals surface area contributed by atoms with E-state index in [4.69, 9.17) is 9.15 Å². The fourth-order valence-corrected chi connectivity index (χ4v) is 2.92. The molecular formula is C17H21N3O3. The number of carbonyl (C=O) groups is 1. The highest BCUT2D eigenvalue weighted by atomic mass is 16.5. The minimum absolute atomic E-state index is 0.00760. The summed E-state index contributed by atoms with van der Waals surface area (Å²) in [5.41, 5.74) is 2.39. The van der Waals surface area contributed by atoms with Crippen molar-refractivity contribution in [2.45, 2.75) is 40.2 Å². The van der Waals surface area contributed by atoms with Crippen LogP contribution in [0.25, 0.3) is 0 Å². The van der Waals surface area contributed by atoms with Crippen LogP contribution in [-0.4, -0.2) is 40.0 Å². The van der Waals surface area contributed by atoms with Gasteiger partial charge in [-0.1, -0.05) is 0 Å². The minimum atomic E-state index is -0.0755. The van der Waals surface area contributed by atoms with E-state index in [9.17, 15) is 4.79 Å². The molecule has 0 N–H and O–H groups in total. The van der Waals surface area contributed by atoms with Gasteiger partial charge < -0.3 is 14.1 Å². The van der Waals surface area contributed by atoms with E-state index in [1.165, 1.54) is 0 Å². The van der Waals surface area contributed by atoms with Crippen LogP contribution in [0.2, 0.25) is 0 Å². The van der Waals surface area contributed by atoms with Gasteiger partial charge in [-0.3, -0.25) is 4.79 Å². The molecule has 1 atom stereocenters. The number of furan rings is 1. The van der Waals surface area contributed by atoms with Crippen LogP contribution >= 0.6 is 0 Å². The van der Waals surface area contributed by atoms with E-state index in [1.54, 1.807) is 11.0 Å². The van der Waals surface area contributed by atoms with E-state index >= 15 is 0 Å². The van der Waals surface area contributed by atoms with Crippen LogP contribution in [0, 0.1) is 27.7 Å². The van der Waals surface area contributed by atoms with Crippen LogP contribution in [0.1, 0.15) is 39.7 Å². The lowest BCUT2D eigenvalue weighted by atomic mass is 10.2. The summed E-state index contributed by atoms with van der Waals surface area (Å²) in [6.07, 6.45) is 0.700. The van der Waals surface area contributed by atoms with Crippen LogP contribution < -0.4 is 4.74 Å². The van der Waals surface area contributed by atoms with Gasteiger partial charge in [0.15, 0.2) is 0 Å². The third kappa shape index (κ3) is 3.36. The number of hydrogen-bond acceptors (Lipinski definition) is 5. The highest BCUT2D eigenvalue weighted by Gasteiger charge is 2.30. The van der Waals surface area contributed by atoms with Gasteiger partial charge in [0.05, 0.1) is 12.1 Å². The Bertz CT molecular complexity index is 718. The lowest BCUT2D eigenvalue weighted by Gasteiger charge is -2.16. The predicted octanol–water partition coefficient (Wildman–Crippen LogP) is 2.60. The smallest absolute Gasteiger partial charge is 0.317 e. The van der Waals surface area contributed by atoms with E-state index in [2.05, 4.69) is 9.97 Å².